The van der Waals surface area contributed by atoms with Gasteiger partial charge in [-0.15, -0.1) is 0 Å². The second-order valence-corrected chi connectivity index (χ2v) is 7.03. The third-order valence-electron chi connectivity index (χ3n) is 4.67. The van der Waals surface area contributed by atoms with Gasteiger partial charge in [0.25, 0.3) is 5.91 Å². The average molecular weight is 327 g/mol. The Kier molecular flexibility index (Phi) is 5.34. The molecule has 0 bridgehead atoms. The second-order valence-electron chi connectivity index (χ2n) is 7.03. The van der Waals surface area contributed by atoms with Crippen LogP contribution in [0.2, 0.25) is 0 Å². The highest BCUT2D eigenvalue weighted by molar-refractivity contribution is 5.95. The van der Waals surface area contributed by atoms with Crippen LogP contribution in [0.5, 0.6) is 0 Å². The predicted octanol–water partition coefficient (Wildman–Crippen LogP) is 3.71. The number of hydrogen-bond acceptors (Lipinski definition) is 3. The lowest BCUT2D eigenvalue weighted by Crippen LogP contribution is -2.25. The number of esters is 1. The first-order chi connectivity index (χ1) is 11.6. The van der Waals surface area contributed by atoms with Crippen LogP contribution in [0.3, 0.4) is 0 Å². The highest BCUT2D eigenvalue weighted by atomic mass is 16.5. The number of carbonyl (C=O) groups excluding carboxylic acids is 2. The lowest BCUT2D eigenvalue weighted by molar-refractivity contribution is -0.144. The predicted molar refractivity (Wildman–Crippen MR) is 93.5 cm³/mol. The molecule has 2 atom stereocenters. The first-order valence-corrected chi connectivity index (χ1v) is 8.90. The van der Waals surface area contributed by atoms with Gasteiger partial charge >= 0.3 is 5.97 Å². The molecule has 0 heterocycles. The molecule has 0 saturated heterocycles. The Morgan fingerprint density at radius 2 is 1.88 bits per heavy atom. The number of ether oxygens (including phenoxy) is 1. The van der Waals surface area contributed by atoms with E-state index in [4.69, 9.17) is 4.74 Å². The lowest BCUT2D eigenvalue weighted by atomic mass is 9.89. The molecule has 0 spiro atoms. The molecule has 1 N–H and O–H groups in total. The number of amides is 1. The Balaban J connectivity index is 1.50. The van der Waals surface area contributed by atoms with Crippen LogP contribution in [0.1, 0.15) is 61.4 Å². The Morgan fingerprint density at radius 1 is 1.12 bits per heavy atom. The normalized spacial score (nSPS) is 23.9. The molecule has 0 aromatic heterocycles. The van der Waals surface area contributed by atoms with Crippen molar-refractivity contribution < 1.29 is 14.3 Å². The van der Waals surface area contributed by atoms with E-state index >= 15 is 0 Å². The summed E-state index contributed by atoms with van der Waals surface area (Å²) in [6.07, 6.45) is 9.70. The molecule has 2 aliphatic rings. The summed E-state index contributed by atoms with van der Waals surface area (Å²) in [6, 6.07) is 7.61. The highest BCUT2D eigenvalue weighted by Crippen LogP contribution is 2.25. The highest BCUT2D eigenvalue weighted by Gasteiger charge is 2.23. The van der Waals surface area contributed by atoms with Crippen LogP contribution < -0.4 is 5.32 Å². The summed E-state index contributed by atoms with van der Waals surface area (Å²) in [7, 11) is 0. The van der Waals surface area contributed by atoms with E-state index < -0.39 is 0 Å². The van der Waals surface area contributed by atoms with Crippen LogP contribution in [-0.2, 0) is 9.53 Å². The SMILES string of the molecule is CC1CCCC(OC(=O)/C=C/c2ccc(C(=O)NC3CC3)cc2)C1. The van der Waals surface area contributed by atoms with Crippen LogP contribution in [0.15, 0.2) is 30.3 Å². The Morgan fingerprint density at radius 3 is 2.54 bits per heavy atom. The van der Waals surface area contributed by atoms with Crippen molar-refractivity contribution in [1.82, 2.24) is 5.32 Å². The zero-order chi connectivity index (χ0) is 16.9. The van der Waals surface area contributed by atoms with E-state index in [2.05, 4.69) is 12.2 Å². The third-order valence-corrected chi connectivity index (χ3v) is 4.67. The number of rotatable bonds is 5. The van der Waals surface area contributed by atoms with Gasteiger partial charge in [-0.05, 0) is 61.8 Å². The van der Waals surface area contributed by atoms with Gasteiger partial charge in [0.05, 0.1) is 0 Å². The van der Waals surface area contributed by atoms with Crippen LogP contribution in [0, 0.1) is 5.92 Å². The van der Waals surface area contributed by atoms with Crippen molar-refractivity contribution in [2.24, 2.45) is 5.92 Å². The summed E-state index contributed by atoms with van der Waals surface area (Å²) in [5.74, 6) is 0.318. The van der Waals surface area contributed by atoms with E-state index in [0.29, 0.717) is 17.5 Å². The van der Waals surface area contributed by atoms with E-state index in [9.17, 15) is 9.59 Å². The fourth-order valence-corrected chi connectivity index (χ4v) is 3.10. The van der Waals surface area contributed by atoms with Gasteiger partial charge in [0, 0.05) is 17.7 Å². The molecule has 1 aromatic rings. The van der Waals surface area contributed by atoms with Crippen molar-refractivity contribution in [3.63, 3.8) is 0 Å². The zero-order valence-electron chi connectivity index (χ0n) is 14.2. The average Bonchev–Trinajstić information content (AvgIpc) is 3.37. The van der Waals surface area contributed by atoms with E-state index in [-0.39, 0.29) is 18.0 Å². The van der Waals surface area contributed by atoms with Crippen molar-refractivity contribution >= 4 is 18.0 Å². The molecular formula is C20H25NO3. The van der Waals surface area contributed by atoms with Gasteiger partial charge in [0.1, 0.15) is 6.10 Å². The lowest BCUT2D eigenvalue weighted by Gasteiger charge is -2.25. The molecule has 24 heavy (non-hydrogen) atoms. The van der Waals surface area contributed by atoms with Crippen LogP contribution in [0.25, 0.3) is 6.08 Å². The molecule has 4 nitrogen and oxygen atoms in total. The third kappa shape index (κ3) is 4.95. The van der Waals surface area contributed by atoms with E-state index in [0.717, 1.165) is 37.7 Å². The quantitative estimate of drug-likeness (QED) is 0.662. The van der Waals surface area contributed by atoms with Crippen LogP contribution in [0.4, 0.5) is 0 Å². The first-order valence-electron chi connectivity index (χ1n) is 8.90. The molecule has 0 aliphatic heterocycles. The number of carbonyl (C=O) groups is 2. The Labute approximate surface area is 143 Å². The molecule has 1 amide bonds. The molecule has 3 rings (SSSR count). The number of hydrogen-bond donors (Lipinski definition) is 1. The minimum absolute atomic E-state index is 0.0288. The first kappa shape index (κ1) is 16.7. The van der Waals surface area contributed by atoms with Gasteiger partial charge in [-0.3, -0.25) is 4.79 Å². The summed E-state index contributed by atoms with van der Waals surface area (Å²) in [5, 5.41) is 2.96. The summed E-state index contributed by atoms with van der Waals surface area (Å²) in [6.45, 7) is 2.21. The van der Waals surface area contributed by atoms with Gasteiger partial charge in [0.15, 0.2) is 0 Å². The van der Waals surface area contributed by atoms with Crippen LogP contribution >= 0.6 is 0 Å². The number of nitrogens with one attached hydrogen (secondary N) is 1. The Hall–Kier alpha value is -2.10. The van der Waals surface area contributed by atoms with Gasteiger partial charge in [-0.25, -0.2) is 4.79 Å². The van der Waals surface area contributed by atoms with Gasteiger partial charge in [-0.2, -0.15) is 0 Å². The summed E-state index contributed by atoms with van der Waals surface area (Å²) in [5.41, 5.74) is 1.53. The smallest absolute Gasteiger partial charge is 0.331 e. The summed E-state index contributed by atoms with van der Waals surface area (Å²) in [4.78, 5) is 23.8. The largest absolute Gasteiger partial charge is 0.459 e. The second kappa shape index (κ2) is 7.65. The molecular weight excluding hydrogens is 302 g/mol. The maximum Gasteiger partial charge on any atom is 0.331 e. The summed E-state index contributed by atoms with van der Waals surface area (Å²) < 4.78 is 5.51. The topological polar surface area (TPSA) is 55.4 Å². The molecule has 2 saturated carbocycles. The van der Waals surface area contributed by atoms with E-state index in [1.807, 2.05) is 12.1 Å². The molecule has 4 heteroatoms. The van der Waals surface area contributed by atoms with E-state index in [1.165, 1.54) is 12.5 Å². The van der Waals surface area contributed by atoms with Gasteiger partial charge < -0.3 is 10.1 Å². The fraction of sp³-hybridized carbons (Fsp3) is 0.500. The van der Waals surface area contributed by atoms with E-state index in [1.54, 1.807) is 18.2 Å². The van der Waals surface area contributed by atoms with Crippen molar-refractivity contribution in [2.45, 2.75) is 57.6 Å². The van der Waals surface area contributed by atoms with Gasteiger partial charge in [0.2, 0.25) is 0 Å². The molecule has 0 radical (unpaired) electrons. The van der Waals surface area contributed by atoms with Crippen molar-refractivity contribution in [3.05, 3.63) is 41.5 Å². The Bertz CT molecular complexity index is 616. The van der Waals surface area contributed by atoms with Crippen LogP contribution in [-0.4, -0.2) is 24.0 Å². The zero-order valence-corrected chi connectivity index (χ0v) is 14.2. The standard InChI is InChI=1S/C20H25NO3/c1-14-3-2-4-18(13-14)24-19(22)12-7-15-5-8-16(9-6-15)20(23)21-17-10-11-17/h5-9,12,14,17-18H,2-4,10-11,13H2,1H3,(H,21,23)/b12-7+. The molecule has 128 valence electrons. The molecule has 2 unspecified atom stereocenters. The summed E-state index contributed by atoms with van der Waals surface area (Å²) >= 11 is 0. The van der Waals surface area contributed by atoms with Gasteiger partial charge in [-0.1, -0.05) is 25.5 Å². The minimum atomic E-state index is -0.287. The maximum absolute atomic E-state index is 11.9. The monoisotopic (exact) mass is 327 g/mol. The number of benzene rings is 1. The maximum atomic E-state index is 11.9. The molecule has 2 fully saturated rings. The molecule has 1 aromatic carbocycles. The fourth-order valence-electron chi connectivity index (χ4n) is 3.10. The van der Waals surface area contributed by atoms with Crippen molar-refractivity contribution in [2.75, 3.05) is 0 Å². The van der Waals surface area contributed by atoms with Crippen molar-refractivity contribution in [1.29, 1.82) is 0 Å². The van der Waals surface area contributed by atoms with Crippen molar-refractivity contribution in [3.8, 4) is 0 Å². The molecule has 2 aliphatic carbocycles. The minimum Gasteiger partial charge on any atom is -0.459 e.